The van der Waals surface area contributed by atoms with E-state index in [0.29, 0.717) is 17.7 Å². The molecule has 0 saturated heterocycles. The second-order valence-corrected chi connectivity index (χ2v) is 4.52. The van der Waals surface area contributed by atoms with E-state index in [4.69, 9.17) is 10.2 Å². The van der Waals surface area contributed by atoms with Crippen molar-refractivity contribution in [3.8, 4) is 11.8 Å². The first-order valence-electron chi connectivity index (χ1n) is 6.57. The molecule has 1 heterocycles. The molecule has 0 aliphatic rings. The van der Waals surface area contributed by atoms with E-state index in [2.05, 4.69) is 16.8 Å². The average Bonchev–Trinajstić information content (AvgIpc) is 2.45. The highest BCUT2D eigenvalue weighted by Crippen LogP contribution is 2.07. The molecule has 0 bridgehead atoms. The van der Waals surface area contributed by atoms with Crippen LogP contribution >= 0.6 is 0 Å². The van der Waals surface area contributed by atoms with E-state index in [1.165, 1.54) is 6.20 Å². The second-order valence-electron chi connectivity index (χ2n) is 4.52. The molecule has 0 aromatic carbocycles. The van der Waals surface area contributed by atoms with Crippen LogP contribution in [0.15, 0.2) is 18.3 Å². The van der Waals surface area contributed by atoms with E-state index >= 15 is 0 Å². The van der Waals surface area contributed by atoms with Crippen molar-refractivity contribution in [2.75, 3.05) is 19.8 Å². The summed E-state index contributed by atoms with van der Waals surface area (Å²) in [7, 11) is 0. The number of hydrogen-bond acceptors (Lipinski definition) is 4. The number of aliphatic hydroxyl groups is 2. The summed E-state index contributed by atoms with van der Waals surface area (Å²) < 4.78 is 0. The fourth-order valence-electron chi connectivity index (χ4n) is 1.66. The van der Waals surface area contributed by atoms with Crippen molar-refractivity contribution in [2.45, 2.75) is 26.3 Å². The normalized spacial score (nSPS) is 10.1. The van der Waals surface area contributed by atoms with Gasteiger partial charge in [-0.15, -0.1) is 0 Å². The highest BCUT2D eigenvalue weighted by molar-refractivity contribution is 5.92. The van der Waals surface area contributed by atoms with Crippen molar-refractivity contribution in [1.29, 1.82) is 0 Å². The van der Waals surface area contributed by atoms with E-state index in [1.807, 2.05) is 13.8 Å². The SMILES string of the molecule is CC(C)N(CCO)C(=O)c1ccc(C#CCCO)cn1. The van der Waals surface area contributed by atoms with E-state index in [-0.39, 0.29) is 31.7 Å². The van der Waals surface area contributed by atoms with Crippen LogP contribution in [0.3, 0.4) is 0 Å². The molecule has 0 fully saturated rings. The minimum atomic E-state index is -0.205. The lowest BCUT2D eigenvalue weighted by Gasteiger charge is -2.25. The van der Waals surface area contributed by atoms with E-state index in [9.17, 15) is 4.79 Å². The molecule has 2 N–H and O–H groups in total. The Bertz CT molecular complexity index is 486. The van der Waals surface area contributed by atoms with E-state index < -0.39 is 0 Å². The molecule has 0 spiro atoms. The lowest BCUT2D eigenvalue weighted by molar-refractivity contribution is 0.0659. The quantitative estimate of drug-likeness (QED) is 0.775. The van der Waals surface area contributed by atoms with Gasteiger partial charge in [0, 0.05) is 30.8 Å². The maximum Gasteiger partial charge on any atom is 0.272 e. The smallest absolute Gasteiger partial charge is 0.272 e. The Balaban J connectivity index is 2.82. The van der Waals surface area contributed by atoms with Crippen molar-refractivity contribution in [3.63, 3.8) is 0 Å². The summed E-state index contributed by atoms with van der Waals surface area (Å²) in [5, 5.41) is 17.6. The van der Waals surface area contributed by atoms with Crippen LogP contribution in [0.4, 0.5) is 0 Å². The largest absolute Gasteiger partial charge is 0.395 e. The minimum Gasteiger partial charge on any atom is -0.395 e. The number of amides is 1. The molecule has 1 aromatic heterocycles. The lowest BCUT2D eigenvalue weighted by Crippen LogP contribution is -2.39. The predicted octanol–water partition coefficient (Wildman–Crippen LogP) is 0.658. The maximum absolute atomic E-state index is 12.2. The third kappa shape index (κ3) is 4.65. The Labute approximate surface area is 119 Å². The highest BCUT2D eigenvalue weighted by Gasteiger charge is 2.18. The van der Waals surface area contributed by atoms with Crippen LogP contribution in [-0.4, -0.2) is 51.8 Å². The molecule has 0 radical (unpaired) electrons. The molecule has 1 amide bonds. The predicted molar refractivity (Wildman–Crippen MR) is 76.1 cm³/mol. The first-order valence-corrected chi connectivity index (χ1v) is 6.57. The molecule has 0 aliphatic carbocycles. The van der Waals surface area contributed by atoms with Crippen LogP contribution in [0.5, 0.6) is 0 Å². The van der Waals surface area contributed by atoms with Gasteiger partial charge in [-0.2, -0.15) is 0 Å². The summed E-state index contributed by atoms with van der Waals surface area (Å²) in [6.07, 6.45) is 1.95. The summed E-state index contributed by atoms with van der Waals surface area (Å²) in [4.78, 5) is 17.9. The van der Waals surface area contributed by atoms with Gasteiger partial charge in [-0.1, -0.05) is 11.8 Å². The molecule has 5 heteroatoms. The first kappa shape index (κ1) is 16.2. The van der Waals surface area contributed by atoms with Gasteiger partial charge in [0.2, 0.25) is 0 Å². The Morgan fingerprint density at radius 2 is 2.10 bits per heavy atom. The number of rotatable bonds is 5. The molecule has 108 valence electrons. The molecule has 20 heavy (non-hydrogen) atoms. The van der Waals surface area contributed by atoms with Crippen LogP contribution in [0, 0.1) is 11.8 Å². The molecule has 0 aliphatic heterocycles. The number of aromatic nitrogens is 1. The number of pyridine rings is 1. The Kier molecular flexibility index (Phi) is 6.71. The fourth-order valence-corrected chi connectivity index (χ4v) is 1.66. The molecule has 0 atom stereocenters. The standard InChI is InChI=1S/C15H20N2O3/c1-12(2)17(8-10-19)15(20)14-7-6-13(11-16-14)5-3-4-9-18/h6-7,11-12,18-19H,4,8-10H2,1-2H3. The van der Waals surface area contributed by atoms with Crippen LogP contribution in [0.1, 0.15) is 36.3 Å². The van der Waals surface area contributed by atoms with Gasteiger partial charge in [-0.25, -0.2) is 4.98 Å². The molecule has 1 aromatic rings. The topological polar surface area (TPSA) is 73.7 Å². The van der Waals surface area contributed by atoms with E-state index in [1.54, 1.807) is 17.0 Å². The summed E-state index contributed by atoms with van der Waals surface area (Å²) in [5.41, 5.74) is 1.04. The zero-order chi connectivity index (χ0) is 15.0. The van der Waals surface area contributed by atoms with Gasteiger partial charge in [-0.05, 0) is 26.0 Å². The number of carbonyl (C=O) groups is 1. The third-order valence-corrected chi connectivity index (χ3v) is 2.68. The van der Waals surface area contributed by atoms with Crippen molar-refractivity contribution in [1.82, 2.24) is 9.88 Å². The summed E-state index contributed by atoms with van der Waals surface area (Å²) in [6.45, 7) is 4.02. The van der Waals surface area contributed by atoms with Crippen LogP contribution in [0.2, 0.25) is 0 Å². The monoisotopic (exact) mass is 276 g/mol. The van der Waals surface area contributed by atoms with Crippen molar-refractivity contribution in [3.05, 3.63) is 29.6 Å². The van der Waals surface area contributed by atoms with Gasteiger partial charge >= 0.3 is 0 Å². The molecular formula is C15H20N2O3. The third-order valence-electron chi connectivity index (χ3n) is 2.68. The zero-order valence-electron chi connectivity index (χ0n) is 11.8. The molecular weight excluding hydrogens is 256 g/mol. The fraction of sp³-hybridized carbons (Fsp3) is 0.467. The molecule has 1 rings (SSSR count). The van der Waals surface area contributed by atoms with Gasteiger partial charge in [0.25, 0.3) is 5.91 Å². The number of aliphatic hydroxyl groups excluding tert-OH is 2. The molecule has 0 unspecified atom stereocenters. The van der Waals surface area contributed by atoms with Crippen molar-refractivity contribution < 1.29 is 15.0 Å². The summed E-state index contributed by atoms with van der Waals surface area (Å²) in [5.74, 6) is 5.44. The Morgan fingerprint density at radius 3 is 2.60 bits per heavy atom. The summed E-state index contributed by atoms with van der Waals surface area (Å²) in [6, 6.07) is 3.35. The van der Waals surface area contributed by atoms with Crippen LogP contribution in [-0.2, 0) is 0 Å². The lowest BCUT2D eigenvalue weighted by atomic mass is 10.2. The average molecular weight is 276 g/mol. The molecule has 5 nitrogen and oxygen atoms in total. The van der Waals surface area contributed by atoms with Gasteiger partial charge in [0.15, 0.2) is 0 Å². The van der Waals surface area contributed by atoms with E-state index in [0.717, 1.165) is 0 Å². The van der Waals surface area contributed by atoms with Gasteiger partial charge in [0.05, 0.1) is 13.2 Å². The van der Waals surface area contributed by atoms with Crippen LogP contribution < -0.4 is 0 Å². The number of nitrogens with zero attached hydrogens (tertiary/aromatic N) is 2. The zero-order valence-corrected chi connectivity index (χ0v) is 11.8. The second kappa shape index (κ2) is 8.31. The Morgan fingerprint density at radius 1 is 1.35 bits per heavy atom. The van der Waals surface area contributed by atoms with Crippen molar-refractivity contribution >= 4 is 5.91 Å². The highest BCUT2D eigenvalue weighted by atomic mass is 16.3. The molecule has 0 saturated carbocycles. The minimum absolute atomic E-state index is 0.000437. The summed E-state index contributed by atoms with van der Waals surface area (Å²) >= 11 is 0. The number of hydrogen-bond donors (Lipinski definition) is 2. The first-order chi connectivity index (χ1) is 9.60. The number of carbonyl (C=O) groups excluding carboxylic acids is 1. The van der Waals surface area contributed by atoms with Crippen LogP contribution in [0.25, 0.3) is 0 Å². The van der Waals surface area contributed by atoms with Gasteiger partial charge < -0.3 is 15.1 Å². The van der Waals surface area contributed by atoms with Gasteiger partial charge in [-0.3, -0.25) is 4.79 Å². The maximum atomic E-state index is 12.2. The van der Waals surface area contributed by atoms with Crippen molar-refractivity contribution in [2.24, 2.45) is 0 Å². The van der Waals surface area contributed by atoms with Gasteiger partial charge in [0.1, 0.15) is 5.69 Å². The Hall–Kier alpha value is -1.90.